The number of rotatable bonds is 2. The van der Waals surface area contributed by atoms with Gasteiger partial charge in [-0.25, -0.2) is 18.0 Å². The number of carbonyl (C=O) groups is 1. The molecule has 2 aromatic rings. The van der Waals surface area contributed by atoms with Crippen LogP contribution in [-0.2, 0) is 0 Å². The number of aryl methyl sites for hydroxylation is 1. The van der Waals surface area contributed by atoms with Crippen LogP contribution in [0.2, 0.25) is 0 Å². The lowest BCUT2D eigenvalue weighted by molar-refractivity contribution is 0.0691. The molecule has 0 aliphatic rings. The highest BCUT2D eigenvalue weighted by Crippen LogP contribution is 2.28. The third-order valence-electron chi connectivity index (χ3n) is 2.70. The van der Waals surface area contributed by atoms with E-state index in [4.69, 9.17) is 5.11 Å². The molecule has 0 aromatic heterocycles. The van der Waals surface area contributed by atoms with E-state index in [-0.39, 0.29) is 11.1 Å². The third-order valence-corrected chi connectivity index (χ3v) is 2.70. The number of benzene rings is 2. The summed E-state index contributed by atoms with van der Waals surface area (Å²) in [6, 6.07) is 5.25. The second-order valence-corrected chi connectivity index (χ2v) is 4.10. The fraction of sp³-hybridized carbons (Fsp3) is 0.0714. The molecule has 0 spiro atoms. The minimum Gasteiger partial charge on any atom is -0.478 e. The van der Waals surface area contributed by atoms with Crippen molar-refractivity contribution in [3.63, 3.8) is 0 Å². The largest absolute Gasteiger partial charge is 0.478 e. The number of hydrogen-bond donors (Lipinski definition) is 1. The first-order chi connectivity index (χ1) is 8.90. The molecule has 0 atom stereocenters. The van der Waals surface area contributed by atoms with E-state index < -0.39 is 29.0 Å². The van der Waals surface area contributed by atoms with Crippen LogP contribution in [-0.4, -0.2) is 11.1 Å². The maximum absolute atomic E-state index is 13.8. The molecule has 0 saturated carbocycles. The first-order valence-corrected chi connectivity index (χ1v) is 5.39. The summed E-state index contributed by atoms with van der Waals surface area (Å²) in [6.07, 6.45) is 0. The standard InChI is InChI=1S/C14H9F3O2/c1-7-2-3-11(15)8(4-7)9-5-13(17)10(14(18)19)6-12(9)16/h2-6H,1H3,(H,18,19). The minimum absolute atomic E-state index is 0.103. The van der Waals surface area contributed by atoms with Crippen LogP contribution in [0.15, 0.2) is 30.3 Å². The van der Waals surface area contributed by atoms with E-state index in [0.717, 1.165) is 6.07 Å². The molecule has 98 valence electrons. The third kappa shape index (κ3) is 2.45. The van der Waals surface area contributed by atoms with Gasteiger partial charge in [0.15, 0.2) is 0 Å². The lowest BCUT2D eigenvalue weighted by Crippen LogP contribution is -2.03. The summed E-state index contributed by atoms with van der Waals surface area (Å²) < 4.78 is 40.9. The zero-order valence-electron chi connectivity index (χ0n) is 9.88. The average molecular weight is 266 g/mol. The van der Waals surface area contributed by atoms with E-state index >= 15 is 0 Å². The van der Waals surface area contributed by atoms with Crippen molar-refractivity contribution in [1.82, 2.24) is 0 Å². The van der Waals surface area contributed by atoms with Crippen LogP contribution in [0.3, 0.4) is 0 Å². The van der Waals surface area contributed by atoms with Crippen LogP contribution in [0.1, 0.15) is 15.9 Å². The first-order valence-electron chi connectivity index (χ1n) is 5.39. The van der Waals surface area contributed by atoms with E-state index in [0.29, 0.717) is 17.7 Å². The maximum atomic E-state index is 13.8. The molecule has 0 aliphatic heterocycles. The molecule has 0 heterocycles. The molecule has 0 fully saturated rings. The Morgan fingerprint density at radius 1 is 0.947 bits per heavy atom. The van der Waals surface area contributed by atoms with E-state index in [2.05, 4.69) is 0 Å². The SMILES string of the molecule is Cc1ccc(F)c(-c2cc(F)c(C(=O)O)cc2F)c1. The Hall–Kier alpha value is -2.30. The van der Waals surface area contributed by atoms with Crippen molar-refractivity contribution in [3.8, 4) is 11.1 Å². The highest BCUT2D eigenvalue weighted by Gasteiger charge is 2.18. The molecule has 0 saturated heterocycles. The van der Waals surface area contributed by atoms with Gasteiger partial charge in [0.05, 0.1) is 5.56 Å². The fourth-order valence-electron chi connectivity index (χ4n) is 1.76. The van der Waals surface area contributed by atoms with Crippen LogP contribution in [0, 0.1) is 24.4 Å². The number of halogens is 3. The van der Waals surface area contributed by atoms with E-state index in [1.165, 1.54) is 12.1 Å². The van der Waals surface area contributed by atoms with Crippen LogP contribution in [0.4, 0.5) is 13.2 Å². The van der Waals surface area contributed by atoms with E-state index in [1.807, 2.05) is 0 Å². The maximum Gasteiger partial charge on any atom is 0.338 e. The van der Waals surface area contributed by atoms with Crippen molar-refractivity contribution in [1.29, 1.82) is 0 Å². The molecule has 2 aromatic carbocycles. The van der Waals surface area contributed by atoms with Gasteiger partial charge in [-0.05, 0) is 31.2 Å². The zero-order chi connectivity index (χ0) is 14.2. The Morgan fingerprint density at radius 3 is 2.21 bits per heavy atom. The van der Waals surface area contributed by atoms with Crippen LogP contribution < -0.4 is 0 Å². The van der Waals surface area contributed by atoms with Crippen molar-refractivity contribution in [2.24, 2.45) is 0 Å². The van der Waals surface area contributed by atoms with E-state index in [9.17, 15) is 18.0 Å². The second kappa shape index (κ2) is 4.76. The Morgan fingerprint density at radius 2 is 1.58 bits per heavy atom. The highest BCUT2D eigenvalue weighted by atomic mass is 19.1. The predicted octanol–water partition coefficient (Wildman–Crippen LogP) is 3.78. The van der Waals surface area contributed by atoms with Crippen LogP contribution >= 0.6 is 0 Å². The van der Waals surface area contributed by atoms with Gasteiger partial charge in [0.25, 0.3) is 0 Å². The van der Waals surface area contributed by atoms with Gasteiger partial charge < -0.3 is 5.11 Å². The van der Waals surface area contributed by atoms with Gasteiger partial charge in [0.2, 0.25) is 0 Å². The summed E-state index contributed by atoms with van der Waals surface area (Å²) in [5, 5.41) is 8.67. The summed E-state index contributed by atoms with van der Waals surface area (Å²) in [5.74, 6) is -4.37. The smallest absolute Gasteiger partial charge is 0.338 e. The summed E-state index contributed by atoms with van der Waals surface area (Å²) in [6.45, 7) is 1.68. The van der Waals surface area contributed by atoms with Crippen molar-refractivity contribution in [2.75, 3.05) is 0 Å². The van der Waals surface area contributed by atoms with Crippen molar-refractivity contribution < 1.29 is 23.1 Å². The molecule has 0 radical (unpaired) electrons. The molecule has 19 heavy (non-hydrogen) atoms. The molecular weight excluding hydrogens is 257 g/mol. The molecule has 2 nitrogen and oxygen atoms in total. The Kier molecular flexibility index (Phi) is 3.29. The van der Waals surface area contributed by atoms with Crippen LogP contribution in [0.5, 0.6) is 0 Å². The fourth-order valence-corrected chi connectivity index (χ4v) is 1.76. The van der Waals surface area contributed by atoms with Gasteiger partial charge in [-0.3, -0.25) is 0 Å². The topological polar surface area (TPSA) is 37.3 Å². The molecule has 1 N–H and O–H groups in total. The predicted molar refractivity (Wildman–Crippen MR) is 63.4 cm³/mol. The Labute approximate surface area is 107 Å². The molecule has 0 unspecified atom stereocenters. The number of carboxylic acids is 1. The van der Waals surface area contributed by atoms with Gasteiger partial charge in [0, 0.05) is 11.1 Å². The number of carboxylic acid groups (broad SMARTS) is 1. The highest BCUT2D eigenvalue weighted by molar-refractivity contribution is 5.88. The quantitative estimate of drug-likeness (QED) is 0.898. The number of hydrogen-bond acceptors (Lipinski definition) is 1. The van der Waals surface area contributed by atoms with Gasteiger partial charge >= 0.3 is 5.97 Å². The van der Waals surface area contributed by atoms with Gasteiger partial charge in [-0.2, -0.15) is 0 Å². The molecule has 0 aliphatic carbocycles. The number of aromatic carboxylic acids is 1. The van der Waals surface area contributed by atoms with Gasteiger partial charge in [-0.1, -0.05) is 11.6 Å². The van der Waals surface area contributed by atoms with Gasteiger partial charge in [0.1, 0.15) is 17.5 Å². The molecule has 2 rings (SSSR count). The lowest BCUT2D eigenvalue weighted by Gasteiger charge is -2.08. The van der Waals surface area contributed by atoms with Crippen molar-refractivity contribution in [3.05, 3.63) is 58.9 Å². The lowest BCUT2D eigenvalue weighted by atomic mass is 10.0. The summed E-state index contributed by atoms with van der Waals surface area (Å²) in [7, 11) is 0. The Bertz CT molecular complexity index is 666. The average Bonchev–Trinajstić information content (AvgIpc) is 2.34. The summed E-state index contributed by atoms with van der Waals surface area (Å²) in [4.78, 5) is 10.7. The molecule has 5 heteroatoms. The first kappa shape index (κ1) is 13.1. The molecule has 0 bridgehead atoms. The molecular formula is C14H9F3O2. The van der Waals surface area contributed by atoms with Crippen molar-refractivity contribution >= 4 is 5.97 Å². The minimum atomic E-state index is -1.58. The second-order valence-electron chi connectivity index (χ2n) is 4.10. The molecule has 0 amide bonds. The monoisotopic (exact) mass is 266 g/mol. The summed E-state index contributed by atoms with van der Waals surface area (Å²) in [5.41, 5.74) is -0.509. The van der Waals surface area contributed by atoms with Crippen molar-refractivity contribution in [2.45, 2.75) is 6.92 Å². The normalized spacial score (nSPS) is 10.5. The zero-order valence-corrected chi connectivity index (χ0v) is 9.88. The Balaban J connectivity index is 2.67. The van der Waals surface area contributed by atoms with Crippen LogP contribution in [0.25, 0.3) is 11.1 Å². The summed E-state index contributed by atoms with van der Waals surface area (Å²) >= 11 is 0. The van der Waals surface area contributed by atoms with Gasteiger partial charge in [-0.15, -0.1) is 0 Å². The van der Waals surface area contributed by atoms with E-state index in [1.54, 1.807) is 6.92 Å².